The van der Waals surface area contributed by atoms with Gasteiger partial charge in [0.05, 0.1) is 22.4 Å². The lowest BCUT2D eigenvalue weighted by molar-refractivity contribution is 0.103. The first-order valence-corrected chi connectivity index (χ1v) is 11.1. The van der Waals surface area contributed by atoms with Crippen LogP contribution in [0.3, 0.4) is 0 Å². The van der Waals surface area contributed by atoms with Crippen molar-refractivity contribution in [2.24, 2.45) is 0 Å². The largest absolute Gasteiger partial charge is 0.397 e. The van der Waals surface area contributed by atoms with Crippen molar-refractivity contribution in [2.45, 2.75) is 18.9 Å². The van der Waals surface area contributed by atoms with E-state index in [1.54, 1.807) is 36.8 Å². The number of aromatic nitrogens is 4. The smallest absolute Gasteiger partial charge is 0.228 e. The molecule has 0 atom stereocenters. The van der Waals surface area contributed by atoms with E-state index in [4.69, 9.17) is 5.73 Å². The van der Waals surface area contributed by atoms with Gasteiger partial charge in [0.25, 0.3) is 0 Å². The highest BCUT2D eigenvalue weighted by Gasteiger charge is 2.21. The van der Waals surface area contributed by atoms with Crippen LogP contribution in [0.2, 0.25) is 0 Å². The molecular weight excluding hydrogens is 414 g/mol. The van der Waals surface area contributed by atoms with Crippen molar-refractivity contribution in [3.63, 3.8) is 0 Å². The van der Waals surface area contributed by atoms with Gasteiger partial charge in [-0.05, 0) is 63.3 Å². The molecule has 1 aliphatic heterocycles. The number of nitrogens with zero attached hydrogens (tertiary/aromatic N) is 5. The number of aromatic amines is 1. The van der Waals surface area contributed by atoms with Crippen molar-refractivity contribution in [1.29, 1.82) is 0 Å². The van der Waals surface area contributed by atoms with Crippen LogP contribution in [0.4, 0.5) is 11.4 Å². The number of carbonyl (C=O) groups is 1. The van der Waals surface area contributed by atoms with Crippen LogP contribution in [0.15, 0.2) is 55.0 Å². The minimum absolute atomic E-state index is 0.181. The fraction of sp³-hybridized carbons (Fsp3) is 0.280. The van der Waals surface area contributed by atoms with Crippen molar-refractivity contribution < 1.29 is 4.79 Å². The summed E-state index contributed by atoms with van der Waals surface area (Å²) in [7, 11) is 4.29. The van der Waals surface area contributed by atoms with Gasteiger partial charge in [-0.25, -0.2) is 4.98 Å². The lowest BCUT2D eigenvalue weighted by Crippen LogP contribution is -2.41. The van der Waals surface area contributed by atoms with E-state index in [0.717, 1.165) is 48.2 Å². The molecule has 168 valence electrons. The molecule has 4 heterocycles. The number of hydrogen-bond donors (Lipinski definition) is 2. The fourth-order valence-electron chi connectivity index (χ4n) is 4.41. The van der Waals surface area contributed by atoms with Crippen LogP contribution < -0.4 is 10.6 Å². The van der Waals surface area contributed by atoms with E-state index in [1.165, 1.54) is 0 Å². The number of carbonyl (C=O) groups excluding carboxylic acids is 1. The zero-order valence-electron chi connectivity index (χ0n) is 18.8. The number of piperidine rings is 1. The summed E-state index contributed by atoms with van der Waals surface area (Å²) in [6.45, 7) is 2.04. The number of hydrogen-bond acceptors (Lipinski definition) is 7. The number of pyridine rings is 2. The highest BCUT2D eigenvalue weighted by molar-refractivity contribution is 6.08. The van der Waals surface area contributed by atoms with Crippen LogP contribution in [0, 0.1) is 0 Å². The number of fused-ring (bicyclic) bond motifs is 1. The molecule has 1 saturated heterocycles. The maximum absolute atomic E-state index is 13.2. The van der Waals surface area contributed by atoms with Crippen molar-refractivity contribution in [3.8, 4) is 11.3 Å². The Balaban J connectivity index is 1.38. The van der Waals surface area contributed by atoms with E-state index < -0.39 is 0 Å². The lowest BCUT2D eigenvalue weighted by atomic mass is 10.0. The average Bonchev–Trinajstić information content (AvgIpc) is 3.27. The molecule has 1 aromatic carbocycles. The van der Waals surface area contributed by atoms with Gasteiger partial charge in [-0.2, -0.15) is 0 Å². The zero-order chi connectivity index (χ0) is 22.9. The maximum Gasteiger partial charge on any atom is 0.228 e. The summed E-state index contributed by atoms with van der Waals surface area (Å²) in [6.07, 6.45) is 7.15. The Labute approximate surface area is 192 Å². The van der Waals surface area contributed by atoms with Crippen LogP contribution in [-0.4, -0.2) is 63.8 Å². The Morgan fingerprint density at radius 3 is 2.70 bits per heavy atom. The molecule has 0 radical (unpaired) electrons. The normalized spacial score (nSPS) is 14.8. The van der Waals surface area contributed by atoms with E-state index in [1.807, 2.05) is 6.07 Å². The van der Waals surface area contributed by atoms with Gasteiger partial charge in [0.15, 0.2) is 5.82 Å². The Morgan fingerprint density at radius 2 is 1.94 bits per heavy atom. The Kier molecular flexibility index (Phi) is 5.51. The van der Waals surface area contributed by atoms with Gasteiger partial charge in [-0.15, -0.1) is 0 Å². The van der Waals surface area contributed by atoms with Crippen molar-refractivity contribution >= 4 is 28.2 Å². The van der Waals surface area contributed by atoms with Gasteiger partial charge in [0.1, 0.15) is 0 Å². The molecule has 1 aliphatic rings. The first-order valence-electron chi connectivity index (χ1n) is 11.1. The first-order chi connectivity index (χ1) is 16.0. The van der Waals surface area contributed by atoms with Gasteiger partial charge in [-0.3, -0.25) is 14.8 Å². The van der Waals surface area contributed by atoms with E-state index in [-0.39, 0.29) is 5.78 Å². The number of imidazole rings is 1. The van der Waals surface area contributed by atoms with Crippen LogP contribution in [0.5, 0.6) is 0 Å². The summed E-state index contributed by atoms with van der Waals surface area (Å²) in [5.74, 6) is 0.136. The molecule has 1 fully saturated rings. The third-order valence-corrected chi connectivity index (χ3v) is 6.32. The average molecular weight is 442 g/mol. The van der Waals surface area contributed by atoms with E-state index in [0.29, 0.717) is 28.8 Å². The molecule has 0 spiro atoms. The van der Waals surface area contributed by atoms with Crippen LogP contribution in [0.25, 0.3) is 22.3 Å². The zero-order valence-corrected chi connectivity index (χ0v) is 18.8. The van der Waals surface area contributed by atoms with Crippen molar-refractivity contribution in [3.05, 3.63) is 66.4 Å². The number of nitrogens with one attached hydrogen (secondary N) is 1. The highest BCUT2D eigenvalue weighted by Crippen LogP contribution is 2.26. The van der Waals surface area contributed by atoms with E-state index >= 15 is 0 Å². The summed E-state index contributed by atoms with van der Waals surface area (Å²) < 4.78 is 0. The number of rotatable bonds is 5. The summed E-state index contributed by atoms with van der Waals surface area (Å²) in [4.78, 5) is 34.1. The molecule has 0 amide bonds. The van der Waals surface area contributed by atoms with Gasteiger partial charge in [0, 0.05) is 54.5 Å². The monoisotopic (exact) mass is 441 g/mol. The highest BCUT2D eigenvalue weighted by atomic mass is 16.1. The number of ketones is 1. The van der Waals surface area contributed by atoms with Crippen LogP contribution in [-0.2, 0) is 0 Å². The molecule has 8 heteroatoms. The minimum atomic E-state index is -0.181. The van der Waals surface area contributed by atoms with E-state index in [9.17, 15) is 4.79 Å². The van der Waals surface area contributed by atoms with Gasteiger partial charge in [-0.1, -0.05) is 0 Å². The summed E-state index contributed by atoms with van der Waals surface area (Å²) in [6, 6.07) is 12.0. The van der Waals surface area contributed by atoms with Gasteiger partial charge in [0.2, 0.25) is 5.78 Å². The van der Waals surface area contributed by atoms with Crippen molar-refractivity contribution in [2.75, 3.05) is 37.8 Å². The quantitative estimate of drug-likeness (QED) is 0.458. The van der Waals surface area contributed by atoms with Crippen molar-refractivity contribution in [1.82, 2.24) is 24.8 Å². The minimum Gasteiger partial charge on any atom is -0.397 e. The standard InChI is InChI=1S/C25H27N7O/c1-31(2)19-6-9-32(10-7-19)20-3-4-21-23(13-20)30-25(29-21)24(33)16-5-8-28-22(12-16)17-11-18(26)15-27-14-17/h3-5,8,11-15,19H,6-7,9-10,26H2,1-2H3,(H,29,30). The Morgan fingerprint density at radius 1 is 1.12 bits per heavy atom. The molecule has 0 aliphatic carbocycles. The summed E-state index contributed by atoms with van der Waals surface area (Å²) in [5.41, 5.74) is 11.1. The molecular formula is C25H27N7O. The fourth-order valence-corrected chi connectivity index (χ4v) is 4.41. The third kappa shape index (κ3) is 4.29. The molecule has 8 nitrogen and oxygen atoms in total. The SMILES string of the molecule is CN(C)C1CCN(c2ccc3nc(C(=O)c4ccnc(-c5cncc(N)c5)c4)[nH]c3c2)CC1. The molecule has 0 saturated carbocycles. The third-order valence-electron chi connectivity index (χ3n) is 6.32. The molecule has 4 aromatic rings. The second-order valence-electron chi connectivity index (χ2n) is 8.73. The molecule has 0 bridgehead atoms. The second kappa shape index (κ2) is 8.63. The second-order valence-corrected chi connectivity index (χ2v) is 8.73. The number of nitrogen functional groups attached to an aromatic ring is 1. The van der Waals surface area contributed by atoms with Gasteiger partial charge < -0.3 is 20.5 Å². The molecule has 3 N–H and O–H groups in total. The topological polar surface area (TPSA) is 104 Å². The number of benzene rings is 1. The summed E-state index contributed by atoms with van der Waals surface area (Å²) >= 11 is 0. The molecule has 33 heavy (non-hydrogen) atoms. The maximum atomic E-state index is 13.2. The molecule has 5 rings (SSSR count). The Bertz CT molecular complexity index is 1310. The lowest BCUT2D eigenvalue weighted by Gasteiger charge is -2.36. The number of nitrogens with two attached hydrogens (primary N) is 1. The molecule has 3 aromatic heterocycles. The predicted molar refractivity (Wildman–Crippen MR) is 130 cm³/mol. The first kappa shape index (κ1) is 21.1. The van der Waals surface area contributed by atoms with Crippen LogP contribution >= 0.6 is 0 Å². The molecule has 0 unspecified atom stereocenters. The summed E-state index contributed by atoms with van der Waals surface area (Å²) in [5, 5.41) is 0. The number of H-pyrrole nitrogens is 1. The number of anilines is 2. The Hall–Kier alpha value is -3.78. The van der Waals surface area contributed by atoms with E-state index in [2.05, 4.69) is 56.0 Å². The predicted octanol–water partition coefficient (Wildman–Crippen LogP) is 3.36. The van der Waals surface area contributed by atoms with Gasteiger partial charge >= 0.3 is 0 Å². The van der Waals surface area contributed by atoms with Crippen LogP contribution in [0.1, 0.15) is 29.0 Å².